The molecule has 0 radical (unpaired) electrons. The van der Waals surface area contributed by atoms with Gasteiger partial charge in [0, 0.05) is 12.7 Å². The number of hydrogen-bond donors (Lipinski definition) is 2. The van der Waals surface area contributed by atoms with Gasteiger partial charge in [-0.3, -0.25) is 9.78 Å². The first kappa shape index (κ1) is 14.1. The largest absolute Gasteiger partial charge is 0.344 e. The van der Waals surface area contributed by atoms with Crippen molar-refractivity contribution in [3.05, 3.63) is 65.2 Å². The SMILES string of the molecule is CC(NC(=O)c1ccc(CN)cn1)c1ccc(F)cc1. The van der Waals surface area contributed by atoms with E-state index in [2.05, 4.69) is 10.3 Å². The number of rotatable bonds is 4. The molecule has 1 unspecified atom stereocenters. The van der Waals surface area contributed by atoms with Crippen LogP contribution in [0.1, 0.15) is 34.6 Å². The highest BCUT2D eigenvalue weighted by molar-refractivity contribution is 5.92. The number of carbonyl (C=O) groups excluding carboxylic acids is 1. The monoisotopic (exact) mass is 273 g/mol. The number of carbonyl (C=O) groups is 1. The van der Waals surface area contributed by atoms with Crippen LogP contribution in [0.3, 0.4) is 0 Å². The molecular weight excluding hydrogens is 257 g/mol. The maximum atomic E-state index is 12.8. The molecule has 5 heteroatoms. The first-order valence-corrected chi connectivity index (χ1v) is 6.31. The fourth-order valence-corrected chi connectivity index (χ4v) is 1.78. The van der Waals surface area contributed by atoms with Crippen molar-refractivity contribution in [2.45, 2.75) is 19.5 Å². The predicted octanol–water partition coefficient (Wildman–Crippen LogP) is 2.17. The fourth-order valence-electron chi connectivity index (χ4n) is 1.78. The Morgan fingerprint density at radius 3 is 2.55 bits per heavy atom. The summed E-state index contributed by atoms with van der Waals surface area (Å²) in [5.74, 6) is -0.572. The lowest BCUT2D eigenvalue weighted by molar-refractivity contribution is 0.0935. The average molecular weight is 273 g/mol. The molecule has 1 atom stereocenters. The van der Waals surface area contributed by atoms with Crippen LogP contribution in [-0.4, -0.2) is 10.9 Å². The van der Waals surface area contributed by atoms with E-state index in [1.165, 1.54) is 12.1 Å². The summed E-state index contributed by atoms with van der Waals surface area (Å²) in [4.78, 5) is 16.1. The van der Waals surface area contributed by atoms with Crippen molar-refractivity contribution >= 4 is 5.91 Å². The van der Waals surface area contributed by atoms with Gasteiger partial charge in [-0.05, 0) is 36.2 Å². The van der Waals surface area contributed by atoms with E-state index >= 15 is 0 Å². The number of halogens is 1. The molecule has 0 aliphatic carbocycles. The Labute approximate surface area is 116 Å². The molecule has 0 saturated carbocycles. The Balaban J connectivity index is 2.04. The summed E-state index contributed by atoms with van der Waals surface area (Å²) < 4.78 is 12.8. The van der Waals surface area contributed by atoms with E-state index in [-0.39, 0.29) is 17.8 Å². The zero-order chi connectivity index (χ0) is 14.5. The summed E-state index contributed by atoms with van der Waals surface area (Å²) in [6.07, 6.45) is 1.58. The number of pyridine rings is 1. The van der Waals surface area contributed by atoms with Gasteiger partial charge >= 0.3 is 0 Å². The van der Waals surface area contributed by atoms with Crippen LogP contribution < -0.4 is 11.1 Å². The highest BCUT2D eigenvalue weighted by atomic mass is 19.1. The van der Waals surface area contributed by atoms with Crippen LogP contribution in [-0.2, 0) is 6.54 Å². The van der Waals surface area contributed by atoms with Gasteiger partial charge in [0.15, 0.2) is 0 Å². The number of benzene rings is 1. The molecule has 2 rings (SSSR count). The van der Waals surface area contributed by atoms with Crippen molar-refractivity contribution in [2.24, 2.45) is 5.73 Å². The summed E-state index contributed by atoms with van der Waals surface area (Å²) in [6.45, 7) is 2.22. The van der Waals surface area contributed by atoms with Gasteiger partial charge in [-0.15, -0.1) is 0 Å². The van der Waals surface area contributed by atoms with Crippen LogP contribution in [0.5, 0.6) is 0 Å². The van der Waals surface area contributed by atoms with Crippen molar-refractivity contribution in [2.75, 3.05) is 0 Å². The lowest BCUT2D eigenvalue weighted by Crippen LogP contribution is -2.27. The van der Waals surface area contributed by atoms with Gasteiger partial charge in [-0.25, -0.2) is 4.39 Å². The lowest BCUT2D eigenvalue weighted by atomic mass is 10.1. The first-order chi connectivity index (χ1) is 9.60. The third-order valence-corrected chi connectivity index (χ3v) is 3.01. The number of aromatic nitrogens is 1. The van der Waals surface area contributed by atoms with Gasteiger partial charge < -0.3 is 11.1 Å². The van der Waals surface area contributed by atoms with Crippen molar-refractivity contribution in [1.82, 2.24) is 10.3 Å². The Morgan fingerprint density at radius 2 is 2.00 bits per heavy atom. The second-order valence-electron chi connectivity index (χ2n) is 4.50. The molecule has 1 aromatic carbocycles. The third kappa shape index (κ3) is 3.39. The van der Waals surface area contributed by atoms with E-state index in [4.69, 9.17) is 5.73 Å². The van der Waals surface area contributed by atoms with Gasteiger partial charge in [0.2, 0.25) is 0 Å². The van der Waals surface area contributed by atoms with E-state index in [0.29, 0.717) is 12.2 Å². The highest BCUT2D eigenvalue weighted by Crippen LogP contribution is 2.13. The van der Waals surface area contributed by atoms with E-state index in [1.54, 1.807) is 30.5 Å². The molecule has 3 N–H and O–H groups in total. The molecule has 0 fully saturated rings. The maximum Gasteiger partial charge on any atom is 0.270 e. The number of hydrogen-bond acceptors (Lipinski definition) is 3. The Kier molecular flexibility index (Phi) is 4.42. The summed E-state index contributed by atoms with van der Waals surface area (Å²) in [6, 6.07) is 9.20. The summed E-state index contributed by atoms with van der Waals surface area (Å²) in [5.41, 5.74) is 7.50. The van der Waals surface area contributed by atoms with E-state index in [1.807, 2.05) is 6.92 Å². The number of amides is 1. The van der Waals surface area contributed by atoms with E-state index < -0.39 is 0 Å². The highest BCUT2D eigenvalue weighted by Gasteiger charge is 2.12. The quantitative estimate of drug-likeness (QED) is 0.897. The standard InChI is InChI=1S/C15H16FN3O/c1-10(12-3-5-13(16)6-4-12)19-15(20)14-7-2-11(8-17)9-18-14/h2-7,9-10H,8,17H2,1H3,(H,19,20). The molecule has 0 spiro atoms. The zero-order valence-electron chi connectivity index (χ0n) is 11.1. The normalized spacial score (nSPS) is 11.9. The van der Waals surface area contributed by atoms with Crippen molar-refractivity contribution in [3.63, 3.8) is 0 Å². The minimum absolute atomic E-state index is 0.223. The summed E-state index contributed by atoms with van der Waals surface area (Å²) in [7, 11) is 0. The second-order valence-corrected chi connectivity index (χ2v) is 4.50. The molecule has 0 aliphatic heterocycles. The van der Waals surface area contributed by atoms with Crippen LogP contribution >= 0.6 is 0 Å². The van der Waals surface area contributed by atoms with Crippen LogP contribution in [0.15, 0.2) is 42.6 Å². The number of nitrogens with one attached hydrogen (secondary N) is 1. The Bertz CT molecular complexity index is 581. The van der Waals surface area contributed by atoms with Gasteiger partial charge in [0.05, 0.1) is 6.04 Å². The van der Waals surface area contributed by atoms with Gasteiger partial charge in [0.25, 0.3) is 5.91 Å². The van der Waals surface area contributed by atoms with Gasteiger partial charge in [0.1, 0.15) is 11.5 Å². The molecule has 2 aromatic rings. The molecule has 0 aliphatic rings. The number of nitrogens with zero attached hydrogens (tertiary/aromatic N) is 1. The molecule has 1 aromatic heterocycles. The predicted molar refractivity (Wildman–Crippen MR) is 74.4 cm³/mol. The average Bonchev–Trinajstić information content (AvgIpc) is 2.48. The topological polar surface area (TPSA) is 68.0 Å². The second kappa shape index (κ2) is 6.25. The maximum absolute atomic E-state index is 12.8. The van der Waals surface area contributed by atoms with E-state index in [9.17, 15) is 9.18 Å². The van der Waals surface area contributed by atoms with Gasteiger partial charge in [-0.1, -0.05) is 18.2 Å². The third-order valence-electron chi connectivity index (χ3n) is 3.01. The molecule has 0 bridgehead atoms. The van der Waals surface area contributed by atoms with Crippen molar-refractivity contribution in [3.8, 4) is 0 Å². The van der Waals surface area contributed by atoms with Crippen molar-refractivity contribution < 1.29 is 9.18 Å². The van der Waals surface area contributed by atoms with Crippen LogP contribution in [0.2, 0.25) is 0 Å². The molecule has 20 heavy (non-hydrogen) atoms. The zero-order valence-corrected chi connectivity index (χ0v) is 11.1. The first-order valence-electron chi connectivity index (χ1n) is 6.31. The van der Waals surface area contributed by atoms with Crippen LogP contribution in [0, 0.1) is 5.82 Å². The molecule has 4 nitrogen and oxygen atoms in total. The molecule has 1 heterocycles. The van der Waals surface area contributed by atoms with Crippen molar-refractivity contribution in [1.29, 1.82) is 0 Å². The lowest BCUT2D eigenvalue weighted by Gasteiger charge is -2.14. The van der Waals surface area contributed by atoms with Gasteiger partial charge in [-0.2, -0.15) is 0 Å². The van der Waals surface area contributed by atoms with E-state index in [0.717, 1.165) is 11.1 Å². The fraction of sp³-hybridized carbons (Fsp3) is 0.200. The minimum atomic E-state index is -0.300. The summed E-state index contributed by atoms with van der Waals surface area (Å²) >= 11 is 0. The molecular formula is C15H16FN3O. The van der Waals surface area contributed by atoms with Crippen LogP contribution in [0.4, 0.5) is 4.39 Å². The Morgan fingerprint density at radius 1 is 1.30 bits per heavy atom. The molecule has 0 saturated heterocycles. The number of nitrogens with two attached hydrogens (primary N) is 1. The Hall–Kier alpha value is -2.27. The minimum Gasteiger partial charge on any atom is -0.344 e. The van der Waals surface area contributed by atoms with Crippen LogP contribution in [0.25, 0.3) is 0 Å². The molecule has 104 valence electrons. The molecule has 1 amide bonds. The summed E-state index contributed by atoms with van der Waals surface area (Å²) in [5, 5.41) is 2.81. The smallest absolute Gasteiger partial charge is 0.270 e.